The topological polar surface area (TPSA) is 72.9 Å². The lowest BCUT2D eigenvalue weighted by Gasteiger charge is -2.22. The second-order valence-electron chi connectivity index (χ2n) is 5.69. The van der Waals surface area contributed by atoms with Crippen LogP contribution in [0.1, 0.15) is 31.1 Å². The number of benzene rings is 1. The smallest absolute Gasteiger partial charge is 0.326 e. The van der Waals surface area contributed by atoms with Crippen molar-refractivity contribution in [1.82, 2.24) is 0 Å². The number of hydrogen-bond acceptors (Lipinski definition) is 5. The summed E-state index contributed by atoms with van der Waals surface area (Å²) in [6.45, 7) is 4.92. The molecule has 6 nitrogen and oxygen atoms in total. The first-order valence-electron chi connectivity index (χ1n) is 6.49. The van der Waals surface area contributed by atoms with Gasteiger partial charge in [-0.15, -0.1) is 0 Å². The lowest BCUT2D eigenvalue weighted by molar-refractivity contribution is -0.153. The first kappa shape index (κ1) is 15.0. The molecule has 1 heterocycles. The predicted octanol–water partition coefficient (Wildman–Crippen LogP) is 1.57. The fraction of sp³-hybridized carbons (Fsp3) is 0.400. The Balaban J connectivity index is 2.25. The average Bonchev–Trinajstić information content (AvgIpc) is 2.61. The maximum Gasteiger partial charge on any atom is 0.326 e. The Labute approximate surface area is 122 Å². The normalized spacial score (nSPS) is 14.2. The van der Waals surface area contributed by atoms with E-state index in [1.807, 2.05) is 0 Å². The summed E-state index contributed by atoms with van der Waals surface area (Å²) in [5, 5.41) is 0. The van der Waals surface area contributed by atoms with Gasteiger partial charge in [0.05, 0.1) is 18.4 Å². The molecule has 0 radical (unpaired) electrons. The molecule has 2 rings (SSSR count). The van der Waals surface area contributed by atoms with E-state index in [1.54, 1.807) is 32.9 Å². The minimum Gasteiger partial charge on any atom is -0.497 e. The van der Waals surface area contributed by atoms with E-state index in [0.717, 1.165) is 4.90 Å². The van der Waals surface area contributed by atoms with Gasteiger partial charge in [0.2, 0.25) is 0 Å². The molecule has 0 aliphatic carbocycles. The molecule has 0 atom stereocenters. The van der Waals surface area contributed by atoms with Gasteiger partial charge < -0.3 is 9.47 Å². The number of Topliss-reactive ketones (excluding diaryl/α,β-unsaturated/α-hetero) is 1. The van der Waals surface area contributed by atoms with E-state index in [1.165, 1.54) is 13.2 Å². The number of ketones is 1. The van der Waals surface area contributed by atoms with Crippen LogP contribution in [-0.2, 0) is 14.3 Å². The molecule has 6 heteroatoms. The number of anilines is 1. The number of nitrogens with zero attached hydrogens (tertiary/aromatic N) is 1. The van der Waals surface area contributed by atoms with Crippen molar-refractivity contribution in [2.75, 3.05) is 18.6 Å². The van der Waals surface area contributed by atoms with Gasteiger partial charge in [0.15, 0.2) is 0 Å². The molecule has 1 aliphatic rings. The van der Waals surface area contributed by atoms with E-state index >= 15 is 0 Å². The Morgan fingerprint density at radius 1 is 1.24 bits per heavy atom. The fourth-order valence-electron chi connectivity index (χ4n) is 2.07. The number of rotatable bonds is 3. The molecular formula is C15H17NO5. The summed E-state index contributed by atoms with van der Waals surface area (Å²) >= 11 is 0. The SMILES string of the molecule is COc1ccc2c(c1)C(=O)C(=O)N2CC(=O)OC(C)(C)C. The third-order valence-corrected chi connectivity index (χ3v) is 2.89. The van der Waals surface area contributed by atoms with Crippen molar-refractivity contribution in [3.63, 3.8) is 0 Å². The second-order valence-corrected chi connectivity index (χ2v) is 5.69. The standard InChI is InChI=1S/C15H17NO5/c1-15(2,3)21-12(17)8-16-11-6-5-9(20-4)7-10(11)13(18)14(16)19/h5-7H,8H2,1-4H3. The Bertz CT molecular complexity index is 615. The Kier molecular flexibility index (Phi) is 3.72. The van der Waals surface area contributed by atoms with Gasteiger partial charge in [-0.2, -0.15) is 0 Å². The van der Waals surface area contributed by atoms with E-state index in [2.05, 4.69) is 0 Å². The van der Waals surface area contributed by atoms with Crippen LogP contribution in [0.15, 0.2) is 18.2 Å². The number of carbonyl (C=O) groups excluding carboxylic acids is 3. The van der Waals surface area contributed by atoms with Gasteiger partial charge in [-0.1, -0.05) is 0 Å². The zero-order chi connectivity index (χ0) is 15.8. The Hall–Kier alpha value is -2.37. The van der Waals surface area contributed by atoms with Crippen LogP contribution in [0, 0.1) is 0 Å². The van der Waals surface area contributed by atoms with Crippen LogP contribution in [0.2, 0.25) is 0 Å². The van der Waals surface area contributed by atoms with Gasteiger partial charge in [-0.05, 0) is 39.0 Å². The maximum atomic E-state index is 12.0. The summed E-state index contributed by atoms with van der Waals surface area (Å²) in [7, 11) is 1.47. The van der Waals surface area contributed by atoms with Crippen LogP contribution in [0.4, 0.5) is 5.69 Å². The zero-order valence-electron chi connectivity index (χ0n) is 12.4. The molecule has 1 aromatic rings. The quantitative estimate of drug-likeness (QED) is 0.624. The molecule has 0 unspecified atom stereocenters. The highest BCUT2D eigenvalue weighted by Crippen LogP contribution is 2.32. The number of methoxy groups -OCH3 is 1. The fourth-order valence-corrected chi connectivity index (χ4v) is 2.07. The van der Waals surface area contributed by atoms with Crippen molar-refractivity contribution < 1.29 is 23.9 Å². The van der Waals surface area contributed by atoms with Crippen LogP contribution in [0.25, 0.3) is 0 Å². The molecule has 1 aliphatic heterocycles. The average molecular weight is 291 g/mol. The molecule has 0 aromatic heterocycles. The van der Waals surface area contributed by atoms with E-state index in [9.17, 15) is 14.4 Å². The second kappa shape index (κ2) is 5.20. The summed E-state index contributed by atoms with van der Waals surface area (Å²) in [6.07, 6.45) is 0. The Morgan fingerprint density at radius 3 is 2.48 bits per heavy atom. The maximum absolute atomic E-state index is 12.0. The molecule has 0 fully saturated rings. The van der Waals surface area contributed by atoms with Crippen molar-refractivity contribution in [3.05, 3.63) is 23.8 Å². The van der Waals surface area contributed by atoms with Gasteiger partial charge in [0.25, 0.3) is 11.7 Å². The van der Waals surface area contributed by atoms with Crippen molar-refractivity contribution in [3.8, 4) is 5.75 Å². The van der Waals surface area contributed by atoms with Crippen LogP contribution >= 0.6 is 0 Å². The molecular weight excluding hydrogens is 274 g/mol. The highest BCUT2D eigenvalue weighted by molar-refractivity contribution is 6.52. The number of hydrogen-bond donors (Lipinski definition) is 0. The van der Waals surface area contributed by atoms with Crippen LogP contribution in [-0.4, -0.2) is 36.9 Å². The van der Waals surface area contributed by atoms with Crippen molar-refractivity contribution in [1.29, 1.82) is 0 Å². The van der Waals surface area contributed by atoms with E-state index in [0.29, 0.717) is 11.4 Å². The van der Waals surface area contributed by atoms with Crippen LogP contribution < -0.4 is 9.64 Å². The van der Waals surface area contributed by atoms with Crippen molar-refractivity contribution >= 4 is 23.3 Å². The zero-order valence-corrected chi connectivity index (χ0v) is 12.4. The predicted molar refractivity (Wildman–Crippen MR) is 75.5 cm³/mol. The van der Waals surface area contributed by atoms with Gasteiger partial charge in [0.1, 0.15) is 17.9 Å². The molecule has 21 heavy (non-hydrogen) atoms. The molecule has 0 bridgehead atoms. The third-order valence-electron chi connectivity index (χ3n) is 2.89. The van der Waals surface area contributed by atoms with E-state index in [4.69, 9.17) is 9.47 Å². The summed E-state index contributed by atoms with van der Waals surface area (Å²) < 4.78 is 10.2. The molecule has 0 N–H and O–H groups in total. The van der Waals surface area contributed by atoms with Crippen LogP contribution in [0.5, 0.6) is 5.75 Å². The first-order chi connectivity index (χ1) is 9.73. The van der Waals surface area contributed by atoms with Gasteiger partial charge in [-0.25, -0.2) is 0 Å². The number of fused-ring (bicyclic) bond motifs is 1. The molecule has 1 aromatic carbocycles. The molecule has 112 valence electrons. The molecule has 0 spiro atoms. The minimum atomic E-state index is -0.732. The summed E-state index contributed by atoms with van der Waals surface area (Å²) in [6, 6.07) is 4.71. The number of carbonyl (C=O) groups is 3. The minimum absolute atomic E-state index is 0.239. The third kappa shape index (κ3) is 3.04. The van der Waals surface area contributed by atoms with Gasteiger partial charge in [-0.3, -0.25) is 19.3 Å². The van der Waals surface area contributed by atoms with Gasteiger partial charge in [0, 0.05) is 0 Å². The molecule has 1 amide bonds. The Morgan fingerprint density at radius 2 is 1.90 bits per heavy atom. The van der Waals surface area contributed by atoms with E-state index in [-0.39, 0.29) is 12.1 Å². The number of amides is 1. The van der Waals surface area contributed by atoms with Crippen molar-refractivity contribution in [2.45, 2.75) is 26.4 Å². The van der Waals surface area contributed by atoms with E-state index < -0.39 is 23.3 Å². The highest BCUT2D eigenvalue weighted by Gasteiger charge is 2.37. The van der Waals surface area contributed by atoms with Crippen LogP contribution in [0.3, 0.4) is 0 Å². The molecule has 0 saturated carbocycles. The molecule has 0 saturated heterocycles. The summed E-state index contributed by atoms with van der Waals surface area (Å²) in [5.74, 6) is -1.46. The lowest BCUT2D eigenvalue weighted by atomic mass is 10.1. The highest BCUT2D eigenvalue weighted by atomic mass is 16.6. The largest absolute Gasteiger partial charge is 0.497 e. The van der Waals surface area contributed by atoms with Crippen molar-refractivity contribution in [2.24, 2.45) is 0 Å². The monoisotopic (exact) mass is 291 g/mol. The first-order valence-corrected chi connectivity index (χ1v) is 6.49. The number of ether oxygens (including phenoxy) is 2. The lowest BCUT2D eigenvalue weighted by Crippen LogP contribution is -2.38. The summed E-state index contributed by atoms with van der Waals surface area (Å²) in [5.41, 5.74) is -0.00774. The number of esters is 1. The van der Waals surface area contributed by atoms with Gasteiger partial charge >= 0.3 is 5.97 Å². The summed E-state index contributed by atoms with van der Waals surface area (Å²) in [4.78, 5) is 36.9.